The van der Waals surface area contributed by atoms with Crippen molar-refractivity contribution >= 4 is 34.0 Å². The van der Waals surface area contributed by atoms with Gasteiger partial charge in [-0.25, -0.2) is 0 Å². The largest absolute Gasteiger partial charge is 0.454 e. The summed E-state index contributed by atoms with van der Waals surface area (Å²) in [6, 6.07) is 18.4. The highest BCUT2D eigenvalue weighted by molar-refractivity contribution is 6.03. The molecule has 0 spiro atoms. The molecule has 30 heavy (non-hydrogen) atoms. The Morgan fingerprint density at radius 3 is 2.63 bits per heavy atom. The number of carbonyl (C=O) groups excluding carboxylic acids is 2. The molecule has 0 unspecified atom stereocenters. The van der Waals surface area contributed by atoms with Crippen LogP contribution in [0.4, 0.5) is 11.4 Å². The number of hydrogen-bond acceptors (Lipinski definition) is 5. The molecular formula is C23H23N3O4. The number of fused-ring (bicyclic) bond motifs is 2. The first-order valence-electron chi connectivity index (χ1n) is 9.69. The van der Waals surface area contributed by atoms with Gasteiger partial charge in [-0.05, 0) is 37.6 Å². The molecule has 3 aromatic carbocycles. The normalized spacial score (nSPS) is 13.3. The van der Waals surface area contributed by atoms with E-state index in [0.717, 1.165) is 16.5 Å². The van der Waals surface area contributed by atoms with Crippen LogP contribution < -0.4 is 20.1 Å². The Hall–Kier alpha value is -3.58. The van der Waals surface area contributed by atoms with Crippen molar-refractivity contribution in [2.45, 2.75) is 13.0 Å². The maximum Gasteiger partial charge on any atom is 0.241 e. The van der Waals surface area contributed by atoms with Gasteiger partial charge in [0, 0.05) is 22.8 Å². The number of hydrogen-bond donors (Lipinski definition) is 2. The zero-order chi connectivity index (χ0) is 21.1. The van der Waals surface area contributed by atoms with Crippen molar-refractivity contribution in [3.05, 3.63) is 60.7 Å². The zero-order valence-corrected chi connectivity index (χ0v) is 16.8. The Balaban J connectivity index is 1.36. The third kappa shape index (κ3) is 4.21. The van der Waals surface area contributed by atoms with E-state index < -0.39 is 6.04 Å². The minimum absolute atomic E-state index is 0.0823. The third-order valence-electron chi connectivity index (χ3n) is 5.14. The average Bonchev–Trinajstić information content (AvgIpc) is 3.21. The lowest BCUT2D eigenvalue weighted by Gasteiger charge is -2.23. The van der Waals surface area contributed by atoms with Crippen LogP contribution >= 0.6 is 0 Å². The zero-order valence-electron chi connectivity index (χ0n) is 16.8. The van der Waals surface area contributed by atoms with E-state index in [0.29, 0.717) is 17.2 Å². The highest BCUT2D eigenvalue weighted by Crippen LogP contribution is 2.34. The number of rotatable bonds is 6. The second kappa shape index (κ2) is 8.42. The first-order chi connectivity index (χ1) is 14.5. The van der Waals surface area contributed by atoms with Crippen LogP contribution in [0.3, 0.4) is 0 Å². The van der Waals surface area contributed by atoms with Crippen LogP contribution in [0.2, 0.25) is 0 Å². The molecule has 3 aromatic rings. The first kappa shape index (κ1) is 19.7. The molecule has 1 atom stereocenters. The van der Waals surface area contributed by atoms with Gasteiger partial charge < -0.3 is 20.1 Å². The number of nitrogens with zero attached hydrogens (tertiary/aromatic N) is 1. The van der Waals surface area contributed by atoms with Crippen LogP contribution in [-0.4, -0.2) is 43.1 Å². The van der Waals surface area contributed by atoms with Crippen molar-refractivity contribution in [1.29, 1.82) is 0 Å². The Morgan fingerprint density at radius 2 is 1.77 bits per heavy atom. The summed E-state index contributed by atoms with van der Waals surface area (Å²) in [7, 11) is 1.74. The molecule has 0 radical (unpaired) electrons. The Labute approximate surface area is 174 Å². The first-order valence-corrected chi connectivity index (χ1v) is 9.69. The summed E-state index contributed by atoms with van der Waals surface area (Å²) in [5.74, 6) is 0.859. The summed E-state index contributed by atoms with van der Waals surface area (Å²) in [4.78, 5) is 26.9. The topological polar surface area (TPSA) is 79.9 Å². The SMILES string of the molecule is C[C@H](C(=O)Nc1ccc2c(c1)OCO2)N(C)CC(=O)Nc1cccc2ccccc12. The minimum Gasteiger partial charge on any atom is -0.454 e. The van der Waals surface area contributed by atoms with Gasteiger partial charge in [0.25, 0.3) is 0 Å². The predicted octanol–water partition coefficient (Wildman–Crippen LogP) is 3.47. The molecule has 1 aliphatic heterocycles. The molecule has 1 heterocycles. The molecule has 4 rings (SSSR count). The Morgan fingerprint density at radius 1 is 1.00 bits per heavy atom. The molecule has 0 aromatic heterocycles. The number of carbonyl (C=O) groups is 2. The summed E-state index contributed by atoms with van der Waals surface area (Å²) in [6.45, 7) is 2.02. The number of benzene rings is 3. The van der Waals surface area contributed by atoms with E-state index in [1.165, 1.54) is 0 Å². The molecule has 2 amide bonds. The summed E-state index contributed by atoms with van der Waals surface area (Å²) in [6.07, 6.45) is 0. The summed E-state index contributed by atoms with van der Waals surface area (Å²) < 4.78 is 10.6. The molecule has 7 nitrogen and oxygen atoms in total. The van der Waals surface area contributed by atoms with Crippen LogP contribution in [0.5, 0.6) is 11.5 Å². The van der Waals surface area contributed by atoms with Gasteiger partial charge in [-0.2, -0.15) is 0 Å². The second-order valence-electron chi connectivity index (χ2n) is 7.22. The number of nitrogens with one attached hydrogen (secondary N) is 2. The molecule has 0 fully saturated rings. The van der Waals surface area contributed by atoms with Gasteiger partial charge in [0.2, 0.25) is 18.6 Å². The van der Waals surface area contributed by atoms with Crippen molar-refractivity contribution in [2.24, 2.45) is 0 Å². The fourth-order valence-corrected chi connectivity index (χ4v) is 3.31. The molecular weight excluding hydrogens is 382 g/mol. The van der Waals surface area contributed by atoms with E-state index in [9.17, 15) is 9.59 Å². The smallest absolute Gasteiger partial charge is 0.241 e. The van der Waals surface area contributed by atoms with Gasteiger partial charge in [-0.3, -0.25) is 14.5 Å². The minimum atomic E-state index is -0.506. The van der Waals surface area contributed by atoms with Crippen molar-refractivity contribution in [2.75, 3.05) is 31.0 Å². The second-order valence-corrected chi connectivity index (χ2v) is 7.22. The molecule has 0 bridgehead atoms. The summed E-state index contributed by atoms with van der Waals surface area (Å²) >= 11 is 0. The highest BCUT2D eigenvalue weighted by atomic mass is 16.7. The maximum absolute atomic E-state index is 12.6. The summed E-state index contributed by atoms with van der Waals surface area (Å²) in [5.41, 5.74) is 1.37. The fourth-order valence-electron chi connectivity index (χ4n) is 3.31. The van der Waals surface area contributed by atoms with Gasteiger partial charge in [0.1, 0.15) is 0 Å². The predicted molar refractivity (Wildman–Crippen MR) is 116 cm³/mol. The van der Waals surface area contributed by atoms with Crippen LogP contribution in [0.25, 0.3) is 10.8 Å². The highest BCUT2D eigenvalue weighted by Gasteiger charge is 2.21. The standard InChI is InChI=1S/C23H23N3O4/c1-15(23(28)24-17-10-11-20-21(12-17)30-14-29-20)26(2)13-22(27)25-19-9-5-7-16-6-3-4-8-18(16)19/h3-12,15H,13-14H2,1-2H3,(H,24,28)(H,25,27)/t15-/m1/s1. The third-order valence-corrected chi connectivity index (χ3v) is 5.14. The van der Waals surface area contributed by atoms with E-state index in [4.69, 9.17) is 9.47 Å². The average molecular weight is 405 g/mol. The van der Waals surface area contributed by atoms with Crippen LogP contribution in [0.1, 0.15) is 6.92 Å². The monoisotopic (exact) mass is 405 g/mol. The number of anilines is 2. The van der Waals surface area contributed by atoms with Gasteiger partial charge in [-0.15, -0.1) is 0 Å². The van der Waals surface area contributed by atoms with Crippen molar-refractivity contribution < 1.29 is 19.1 Å². The lowest BCUT2D eigenvalue weighted by atomic mass is 10.1. The van der Waals surface area contributed by atoms with Crippen LogP contribution in [0, 0.1) is 0 Å². The maximum atomic E-state index is 12.6. The molecule has 7 heteroatoms. The van der Waals surface area contributed by atoms with E-state index >= 15 is 0 Å². The lowest BCUT2D eigenvalue weighted by Crippen LogP contribution is -2.43. The number of amides is 2. The molecule has 0 saturated carbocycles. The van der Waals surface area contributed by atoms with E-state index in [1.807, 2.05) is 42.5 Å². The fraction of sp³-hybridized carbons (Fsp3) is 0.217. The van der Waals surface area contributed by atoms with E-state index in [2.05, 4.69) is 10.6 Å². The Kier molecular flexibility index (Phi) is 5.54. The van der Waals surface area contributed by atoms with Gasteiger partial charge in [0.15, 0.2) is 11.5 Å². The summed E-state index contributed by atoms with van der Waals surface area (Å²) in [5, 5.41) is 7.83. The van der Waals surface area contributed by atoms with Crippen LogP contribution in [0.15, 0.2) is 60.7 Å². The van der Waals surface area contributed by atoms with E-state index in [-0.39, 0.29) is 25.2 Å². The van der Waals surface area contributed by atoms with E-state index in [1.54, 1.807) is 37.1 Å². The van der Waals surface area contributed by atoms with Crippen LogP contribution in [-0.2, 0) is 9.59 Å². The molecule has 2 N–H and O–H groups in total. The molecule has 1 aliphatic rings. The number of likely N-dealkylation sites (N-methyl/N-ethyl adjacent to an activating group) is 1. The molecule has 154 valence electrons. The van der Waals surface area contributed by atoms with Gasteiger partial charge >= 0.3 is 0 Å². The molecule has 0 aliphatic carbocycles. The molecule has 0 saturated heterocycles. The van der Waals surface area contributed by atoms with Gasteiger partial charge in [0.05, 0.1) is 12.6 Å². The van der Waals surface area contributed by atoms with Gasteiger partial charge in [-0.1, -0.05) is 36.4 Å². The van der Waals surface area contributed by atoms with Crippen molar-refractivity contribution in [3.63, 3.8) is 0 Å². The lowest BCUT2D eigenvalue weighted by molar-refractivity contribution is -0.122. The number of ether oxygens (including phenoxy) is 2. The van der Waals surface area contributed by atoms with Crippen molar-refractivity contribution in [1.82, 2.24) is 4.90 Å². The van der Waals surface area contributed by atoms with Crippen molar-refractivity contribution in [3.8, 4) is 11.5 Å². The quantitative estimate of drug-likeness (QED) is 0.657. The Bertz CT molecular complexity index is 1090.